The van der Waals surface area contributed by atoms with E-state index in [2.05, 4.69) is 6.07 Å². The molecule has 0 amide bonds. The predicted molar refractivity (Wildman–Crippen MR) is 81.7 cm³/mol. The van der Waals surface area contributed by atoms with Crippen molar-refractivity contribution in [3.05, 3.63) is 47.9 Å². The third-order valence-electron chi connectivity index (χ3n) is 3.13. The molecule has 1 atom stereocenters. The highest BCUT2D eigenvalue weighted by molar-refractivity contribution is 5.84. The topological polar surface area (TPSA) is 92.7 Å². The molecule has 6 nitrogen and oxygen atoms in total. The van der Waals surface area contributed by atoms with Crippen LogP contribution in [-0.2, 0) is 0 Å². The largest absolute Gasteiger partial charge is 0.494 e. The maximum absolute atomic E-state index is 10.8. The van der Waals surface area contributed by atoms with Crippen molar-refractivity contribution in [1.82, 2.24) is 0 Å². The highest BCUT2D eigenvalue weighted by Crippen LogP contribution is 2.23. The molecule has 1 N–H and O–H groups in total. The number of carboxylic acid groups (broad SMARTS) is 1. The quantitative estimate of drug-likeness (QED) is 0.802. The van der Waals surface area contributed by atoms with E-state index in [9.17, 15) is 10.1 Å². The Morgan fingerprint density at radius 3 is 2.65 bits per heavy atom. The maximum Gasteiger partial charge on any atom is 0.371 e. The van der Waals surface area contributed by atoms with E-state index in [0.717, 1.165) is 5.75 Å². The minimum Gasteiger partial charge on any atom is -0.494 e. The lowest BCUT2D eigenvalue weighted by molar-refractivity contribution is 0.0660. The van der Waals surface area contributed by atoms with Gasteiger partial charge in [-0.3, -0.25) is 0 Å². The Balaban J connectivity index is 1.92. The van der Waals surface area contributed by atoms with E-state index in [0.29, 0.717) is 31.1 Å². The number of nitrogens with zero attached hydrogens (tertiary/aromatic N) is 1. The summed E-state index contributed by atoms with van der Waals surface area (Å²) in [6.45, 7) is 2.78. The van der Waals surface area contributed by atoms with Gasteiger partial charge >= 0.3 is 5.97 Å². The molecule has 1 aromatic carbocycles. The van der Waals surface area contributed by atoms with E-state index in [4.69, 9.17) is 19.0 Å². The molecule has 120 valence electrons. The number of aromatic carboxylic acids is 1. The zero-order chi connectivity index (χ0) is 16.7. The van der Waals surface area contributed by atoms with Crippen LogP contribution in [0.2, 0.25) is 0 Å². The third-order valence-corrected chi connectivity index (χ3v) is 3.13. The molecule has 0 spiro atoms. The molecule has 0 saturated carbocycles. The van der Waals surface area contributed by atoms with Crippen LogP contribution >= 0.6 is 0 Å². The number of rotatable bonds is 8. The monoisotopic (exact) mass is 315 g/mol. The zero-order valence-corrected chi connectivity index (χ0v) is 12.7. The number of benzene rings is 1. The fourth-order valence-electron chi connectivity index (χ4n) is 2.04. The summed E-state index contributed by atoms with van der Waals surface area (Å²) in [6.07, 6.45) is 0.391. The Bertz CT molecular complexity index is 701. The van der Waals surface area contributed by atoms with E-state index in [1.807, 2.05) is 19.1 Å². The van der Waals surface area contributed by atoms with E-state index < -0.39 is 11.9 Å². The van der Waals surface area contributed by atoms with Crippen LogP contribution in [0.4, 0.5) is 0 Å². The van der Waals surface area contributed by atoms with Crippen LogP contribution in [0.5, 0.6) is 11.5 Å². The lowest BCUT2D eigenvalue weighted by atomic mass is 10.1. The van der Waals surface area contributed by atoms with E-state index in [-0.39, 0.29) is 5.76 Å². The fourth-order valence-corrected chi connectivity index (χ4v) is 2.04. The Labute approximate surface area is 133 Å². The Kier molecular flexibility index (Phi) is 5.64. The number of carboxylic acids is 1. The summed E-state index contributed by atoms with van der Waals surface area (Å²) in [6, 6.07) is 12.2. The number of nitriles is 1. The summed E-state index contributed by atoms with van der Waals surface area (Å²) in [5.41, 5.74) is 0. The minimum absolute atomic E-state index is 0.175. The normalized spacial score (nSPS) is 11.5. The number of furan rings is 1. The molecule has 0 aliphatic heterocycles. The first-order valence-electron chi connectivity index (χ1n) is 7.22. The SMILES string of the molecule is CCOc1cccc(OCCC(C#N)c2ccc(C(=O)O)o2)c1. The average molecular weight is 315 g/mol. The maximum atomic E-state index is 10.8. The predicted octanol–water partition coefficient (Wildman–Crippen LogP) is 3.45. The smallest absolute Gasteiger partial charge is 0.371 e. The van der Waals surface area contributed by atoms with Gasteiger partial charge in [-0.25, -0.2) is 4.79 Å². The van der Waals surface area contributed by atoms with Gasteiger partial charge in [0.05, 0.1) is 19.3 Å². The lowest BCUT2D eigenvalue weighted by Gasteiger charge is -2.10. The molecular weight excluding hydrogens is 298 g/mol. The molecule has 0 saturated heterocycles. The zero-order valence-electron chi connectivity index (χ0n) is 12.7. The van der Waals surface area contributed by atoms with Crippen molar-refractivity contribution < 1.29 is 23.8 Å². The molecule has 1 unspecified atom stereocenters. The molecule has 23 heavy (non-hydrogen) atoms. The summed E-state index contributed by atoms with van der Waals surface area (Å²) in [7, 11) is 0. The molecule has 0 bridgehead atoms. The third kappa shape index (κ3) is 4.51. The first-order chi connectivity index (χ1) is 11.1. The van der Waals surface area contributed by atoms with Gasteiger partial charge in [-0.1, -0.05) is 6.07 Å². The summed E-state index contributed by atoms with van der Waals surface area (Å²) in [5, 5.41) is 18.0. The average Bonchev–Trinajstić information content (AvgIpc) is 3.02. The molecule has 1 aromatic heterocycles. The number of hydrogen-bond donors (Lipinski definition) is 1. The summed E-state index contributed by atoms with van der Waals surface area (Å²) in [5.74, 6) is -0.186. The molecule has 2 aromatic rings. The molecule has 2 rings (SSSR count). The summed E-state index contributed by atoms with van der Waals surface area (Å²) < 4.78 is 16.2. The van der Waals surface area contributed by atoms with Crippen molar-refractivity contribution in [3.63, 3.8) is 0 Å². The van der Waals surface area contributed by atoms with Crippen molar-refractivity contribution in [2.24, 2.45) is 0 Å². The second-order valence-electron chi connectivity index (χ2n) is 4.73. The number of carbonyl (C=O) groups is 1. The van der Waals surface area contributed by atoms with Gasteiger partial charge in [0.25, 0.3) is 0 Å². The van der Waals surface area contributed by atoms with Crippen LogP contribution in [0.25, 0.3) is 0 Å². The van der Waals surface area contributed by atoms with Gasteiger partial charge < -0.3 is 19.0 Å². The van der Waals surface area contributed by atoms with Gasteiger partial charge in [0.15, 0.2) is 0 Å². The van der Waals surface area contributed by atoms with Crippen LogP contribution in [0.15, 0.2) is 40.8 Å². The van der Waals surface area contributed by atoms with Crippen LogP contribution in [0.3, 0.4) is 0 Å². The number of hydrogen-bond acceptors (Lipinski definition) is 5. The van der Waals surface area contributed by atoms with Crippen molar-refractivity contribution in [2.75, 3.05) is 13.2 Å². The Morgan fingerprint density at radius 2 is 2.04 bits per heavy atom. The van der Waals surface area contributed by atoms with Crippen LogP contribution in [0, 0.1) is 11.3 Å². The van der Waals surface area contributed by atoms with Crippen molar-refractivity contribution in [3.8, 4) is 17.6 Å². The van der Waals surface area contributed by atoms with Crippen molar-refractivity contribution >= 4 is 5.97 Å². The second-order valence-corrected chi connectivity index (χ2v) is 4.73. The van der Waals surface area contributed by atoms with Crippen LogP contribution in [0.1, 0.15) is 35.6 Å². The first-order valence-corrected chi connectivity index (χ1v) is 7.22. The van der Waals surface area contributed by atoms with E-state index in [1.54, 1.807) is 12.1 Å². The van der Waals surface area contributed by atoms with Gasteiger partial charge in [0.2, 0.25) is 5.76 Å². The van der Waals surface area contributed by atoms with Crippen LogP contribution in [-0.4, -0.2) is 24.3 Å². The summed E-state index contributed by atoms with van der Waals surface area (Å²) >= 11 is 0. The van der Waals surface area contributed by atoms with Gasteiger partial charge in [0.1, 0.15) is 23.2 Å². The molecule has 0 radical (unpaired) electrons. The highest BCUT2D eigenvalue weighted by atomic mass is 16.5. The molecule has 0 fully saturated rings. The summed E-state index contributed by atoms with van der Waals surface area (Å²) in [4.78, 5) is 10.8. The molecule has 6 heteroatoms. The fraction of sp³-hybridized carbons (Fsp3) is 0.294. The first kappa shape index (κ1) is 16.4. The molecule has 1 heterocycles. The van der Waals surface area contributed by atoms with Gasteiger partial charge in [-0.05, 0) is 31.2 Å². The highest BCUT2D eigenvalue weighted by Gasteiger charge is 2.17. The lowest BCUT2D eigenvalue weighted by Crippen LogP contribution is -2.04. The van der Waals surface area contributed by atoms with Gasteiger partial charge in [-0.15, -0.1) is 0 Å². The Hall–Kier alpha value is -2.94. The second kappa shape index (κ2) is 7.90. The van der Waals surface area contributed by atoms with E-state index >= 15 is 0 Å². The Morgan fingerprint density at radius 1 is 1.30 bits per heavy atom. The minimum atomic E-state index is -1.16. The standard InChI is InChI=1S/C17H17NO5/c1-2-21-13-4-3-5-14(10-13)22-9-8-12(11-18)15-6-7-16(23-15)17(19)20/h3-7,10,12H,2,8-9H2,1H3,(H,19,20). The van der Waals surface area contributed by atoms with Crippen LogP contribution < -0.4 is 9.47 Å². The molecular formula is C17H17NO5. The van der Waals surface area contributed by atoms with Gasteiger partial charge in [0, 0.05) is 12.5 Å². The molecule has 0 aliphatic carbocycles. The van der Waals surface area contributed by atoms with Crippen molar-refractivity contribution in [1.29, 1.82) is 5.26 Å². The molecule has 0 aliphatic rings. The van der Waals surface area contributed by atoms with Crippen molar-refractivity contribution in [2.45, 2.75) is 19.3 Å². The van der Waals surface area contributed by atoms with Gasteiger partial charge in [-0.2, -0.15) is 5.26 Å². The van der Waals surface area contributed by atoms with E-state index in [1.165, 1.54) is 12.1 Å². The number of ether oxygens (including phenoxy) is 2.